The van der Waals surface area contributed by atoms with Gasteiger partial charge in [-0.2, -0.15) is 0 Å². The summed E-state index contributed by atoms with van der Waals surface area (Å²) in [6, 6.07) is 0.363. The first-order valence-corrected chi connectivity index (χ1v) is 6.14. The molecular weight excluding hydrogens is 220 g/mol. The fourth-order valence-electron chi connectivity index (χ4n) is 2.18. The van der Waals surface area contributed by atoms with Gasteiger partial charge in [-0.15, -0.1) is 0 Å². The molecule has 0 aliphatic carbocycles. The van der Waals surface area contributed by atoms with Gasteiger partial charge in [0.1, 0.15) is 0 Å². The smallest absolute Gasteiger partial charge is 0.319 e. The van der Waals surface area contributed by atoms with Crippen molar-refractivity contribution >= 4 is 11.9 Å². The van der Waals surface area contributed by atoms with E-state index in [4.69, 9.17) is 4.74 Å². The SMILES string of the molecule is COC(=O)CN(C(C)C)C1CCCNC(=O)C1. The fraction of sp³-hybridized carbons (Fsp3) is 0.833. The second kappa shape index (κ2) is 6.59. The monoisotopic (exact) mass is 242 g/mol. The molecule has 0 saturated carbocycles. The number of amides is 1. The van der Waals surface area contributed by atoms with Crippen molar-refractivity contribution in [2.24, 2.45) is 0 Å². The van der Waals surface area contributed by atoms with Gasteiger partial charge in [0.25, 0.3) is 0 Å². The van der Waals surface area contributed by atoms with Crippen LogP contribution in [-0.4, -0.2) is 49.1 Å². The van der Waals surface area contributed by atoms with Gasteiger partial charge in [0, 0.05) is 25.0 Å². The molecule has 1 amide bonds. The molecule has 0 bridgehead atoms. The Kier molecular flexibility index (Phi) is 5.41. The lowest BCUT2D eigenvalue weighted by molar-refractivity contribution is -0.143. The maximum Gasteiger partial charge on any atom is 0.319 e. The van der Waals surface area contributed by atoms with E-state index >= 15 is 0 Å². The highest BCUT2D eigenvalue weighted by Gasteiger charge is 2.27. The zero-order valence-corrected chi connectivity index (χ0v) is 10.9. The first-order valence-electron chi connectivity index (χ1n) is 6.14. The maximum absolute atomic E-state index is 11.5. The molecule has 1 saturated heterocycles. The average Bonchev–Trinajstić information content (AvgIpc) is 2.49. The van der Waals surface area contributed by atoms with E-state index in [2.05, 4.69) is 10.2 Å². The van der Waals surface area contributed by atoms with Gasteiger partial charge < -0.3 is 10.1 Å². The first-order chi connectivity index (χ1) is 8.04. The van der Waals surface area contributed by atoms with E-state index in [0.717, 1.165) is 19.4 Å². The molecule has 0 aromatic heterocycles. The van der Waals surface area contributed by atoms with Crippen LogP contribution in [0.3, 0.4) is 0 Å². The topological polar surface area (TPSA) is 58.6 Å². The minimum atomic E-state index is -0.247. The summed E-state index contributed by atoms with van der Waals surface area (Å²) < 4.78 is 4.70. The minimum Gasteiger partial charge on any atom is -0.468 e. The van der Waals surface area contributed by atoms with Crippen molar-refractivity contribution in [1.82, 2.24) is 10.2 Å². The quantitative estimate of drug-likeness (QED) is 0.731. The average molecular weight is 242 g/mol. The summed E-state index contributed by atoms with van der Waals surface area (Å²) in [5.74, 6) is -0.175. The summed E-state index contributed by atoms with van der Waals surface area (Å²) >= 11 is 0. The van der Waals surface area contributed by atoms with Crippen LogP contribution < -0.4 is 5.32 Å². The summed E-state index contributed by atoms with van der Waals surface area (Å²) in [5.41, 5.74) is 0. The Bertz CT molecular complexity index is 279. The van der Waals surface area contributed by atoms with Crippen LogP contribution >= 0.6 is 0 Å². The number of methoxy groups -OCH3 is 1. The molecular formula is C12H22N2O3. The molecule has 1 N–H and O–H groups in total. The van der Waals surface area contributed by atoms with Gasteiger partial charge in [0.15, 0.2) is 0 Å². The van der Waals surface area contributed by atoms with Gasteiger partial charge in [0.2, 0.25) is 5.91 Å². The van der Waals surface area contributed by atoms with E-state index in [1.165, 1.54) is 7.11 Å². The zero-order chi connectivity index (χ0) is 12.8. The van der Waals surface area contributed by atoms with Crippen LogP contribution in [0.5, 0.6) is 0 Å². The predicted octanol–water partition coefficient (Wildman–Crippen LogP) is 0.538. The molecule has 1 fully saturated rings. The van der Waals surface area contributed by atoms with E-state index in [9.17, 15) is 9.59 Å². The lowest BCUT2D eigenvalue weighted by Gasteiger charge is -2.32. The van der Waals surface area contributed by atoms with Crippen LogP contribution in [0.25, 0.3) is 0 Å². The highest BCUT2D eigenvalue weighted by atomic mass is 16.5. The molecule has 1 rings (SSSR count). The van der Waals surface area contributed by atoms with Crippen molar-refractivity contribution in [3.8, 4) is 0 Å². The van der Waals surface area contributed by atoms with Crippen molar-refractivity contribution in [3.05, 3.63) is 0 Å². The third kappa shape index (κ3) is 4.34. The number of ether oxygens (including phenoxy) is 1. The number of nitrogens with zero attached hydrogens (tertiary/aromatic N) is 1. The molecule has 1 aliphatic heterocycles. The number of esters is 1. The number of nitrogens with one attached hydrogen (secondary N) is 1. The van der Waals surface area contributed by atoms with Gasteiger partial charge >= 0.3 is 5.97 Å². The molecule has 0 aromatic carbocycles. The van der Waals surface area contributed by atoms with Gasteiger partial charge in [-0.05, 0) is 26.7 Å². The Hall–Kier alpha value is -1.10. The zero-order valence-electron chi connectivity index (χ0n) is 10.9. The van der Waals surface area contributed by atoms with Crippen LogP contribution in [-0.2, 0) is 14.3 Å². The molecule has 1 aliphatic rings. The van der Waals surface area contributed by atoms with Crippen molar-refractivity contribution < 1.29 is 14.3 Å². The van der Waals surface area contributed by atoms with Gasteiger partial charge in [0.05, 0.1) is 13.7 Å². The molecule has 98 valence electrons. The molecule has 0 spiro atoms. The Morgan fingerprint density at radius 1 is 1.59 bits per heavy atom. The van der Waals surface area contributed by atoms with Crippen molar-refractivity contribution in [1.29, 1.82) is 0 Å². The second-order valence-corrected chi connectivity index (χ2v) is 4.69. The summed E-state index contributed by atoms with van der Waals surface area (Å²) in [7, 11) is 1.39. The number of hydrogen-bond acceptors (Lipinski definition) is 4. The van der Waals surface area contributed by atoms with Crippen LogP contribution in [0.15, 0.2) is 0 Å². The van der Waals surface area contributed by atoms with E-state index in [-0.39, 0.29) is 30.5 Å². The lowest BCUT2D eigenvalue weighted by Crippen LogP contribution is -2.45. The molecule has 5 nitrogen and oxygen atoms in total. The normalized spacial score (nSPS) is 21.2. The number of rotatable bonds is 4. The Balaban J connectivity index is 2.67. The van der Waals surface area contributed by atoms with Crippen molar-refractivity contribution in [3.63, 3.8) is 0 Å². The molecule has 1 unspecified atom stereocenters. The van der Waals surface area contributed by atoms with E-state index in [1.807, 2.05) is 13.8 Å². The molecule has 5 heteroatoms. The molecule has 1 atom stereocenters. The van der Waals surface area contributed by atoms with E-state index in [1.54, 1.807) is 0 Å². The van der Waals surface area contributed by atoms with E-state index in [0.29, 0.717) is 6.42 Å². The predicted molar refractivity (Wildman–Crippen MR) is 64.5 cm³/mol. The Morgan fingerprint density at radius 2 is 2.29 bits per heavy atom. The van der Waals surface area contributed by atoms with Crippen LogP contribution in [0.2, 0.25) is 0 Å². The maximum atomic E-state index is 11.5. The molecule has 1 heterocycles. The Labute approximate surface area is 102 Å². The molecule has 0 radical (unpaired) electrons. The molecule has 17 heavy (non-hydrogen) atoms. The highest BCUT2D eigenvalue weighted by Crippen LogP contribution is 2.16. The van der Waals surface area contributed by atoms with Gasteiger partial charge in [-0.25, -0.2) is 0 Å². The fourth-order valence-corrected chi connectivity index (χ4v) is 2.18. The largest absolute Gasteiger partial charge is 0.468 e. The third-order valence-electron chi connectivity index (χ3n) is 3.13. The summed E-state index contributed by atoms with van der Waals surface area (Å²) in [6.07, 6.45) is 2.36. The first kappa shape index (κ1) is 14.0. The van der Waals surface area contributed by atoms with Crippen molar-refractivity contribution in [2.45, 2.75) is 45.2 Å². The standard InChI is InChI=1S/C12H22N2O3/c1-9(2)14(8-12(16)17-3)10-5-4-6-13-11(15)7-10/h9-10H,4-8H2,1-3H3,(H,13,15). The summed E-state index contributed by atoms with van der Waals surface area (Å²) in [6.45, 7) is 5.06. The molecule has 0 aromatic rings. The van der Waals surface area contributed by atoms with Crippen LogP contribution in [0.1, 0.15) is 33.1 Å². The number of carbonyl (C=O) groups is 2. The van der Waals surface area contributed by atoms with E-state index < -0.39 is 0 Å². The lowest BCUT2D eigenvalue weighted by atomic mass is 10.1. The van der Waals surface area contributed by atoms with Gasteiger partial charge in [-0.3, -0.25) is 14.5 Å². The Morgan fingerprint density at radius 3 is 2.88 bits per heavy atom. The highest BCUT2D eigenvalue weighted by molar-refractivity contribution is 5.77. The summed E-state index contributed by atoms with van der Waals surface area (Å²) in [5, 5.41) is 2.85. The van der Waals surface area contributed by atoms with Crippen molar-refractivity contribution in [2.75, 3.05) is 20.2 Å². The summed E-state index contributed by atoms with van der Waals surface area (Å²) in [4.78, 5) is 24.9. The minimum absolute atomic E-state index is 0.0722. The number of carbonyl (C=O) groups excluding carboxylic acids is 2. The van der Waals surface area contributed by atoms with Crippen LogP contribution in [0.4, 0.5) is 0 Å². The van der Waals surface area contributed by atoms with Gasteiger partial charge in [-0.1, -0.05) is 0 Å². The third-order valence-corrected chi connectivity index (χ3v) is 3.13. The van der Waals surface area contributed by atoms with Crippen LogP contribution in [0, 0.1) is 0 Å². The number of hydrogen-bond donors (Lipinski definition) is 1. The second-order valence-electron chi connectivity index (χ2n) is 4.69.